The molecule has 1 N–H and O–H groups in total. The Kier molecular flexibility index (Phi) is 7.09. The lowest BCUT2D eigenvalue weighted by molar-refractivity contribution is -0.127. The van der Waals surface area contributed by atoms with Gasteiger partial charge in [0.25, 0.3) is 0 Å². The van der Waals surface area contributed by atoms with Crippen LogP contribution in [0.5, 0.6) is 11.5 Å². The molecule has 156 valence electrons. The van der Waals surface area contributed by atoms with Gasteiger partial charge < -0.3 is 14.8 Å². The minimum absolute atomic E-state index is 0.0474. The zero-order valence-electron chi connectivity index (χ0n) is 17.3. The molecule has 0 spiro atoms. The highest BCUT2D eigenvalue weighted by atomic mass is 19.1. The topological polar surface area (TPSA) is 50.8 Å². The van der Waals surface area contributed by atoms with Crippen molar-refractivity contribution in [2.75, 3.05) is 27.3 Å². The molecule has 3 rings (SSSR count). The van der Waals surface area contributed by atoms with Crippen LogP contribution in [0.2, 0.25) is 0 Å². The molecule has 0 saturated carbocycles. The van der Waals surface area contributed by atoms with Crippen LogP contribution in [0, 0.1) is 11.7 Å². The molecule has 0 aliphatic carbocycles. The van der Waals surface area contributed by atoms with Gasteiger partial charge in [-0.15, -0.1) is 0 Å². The van der Waals surface area contributed by atoms with Crippen LogP contribution < -0.4 is 14.8 Å². The van der Waals surface area contributed by atoms with Crippen LogP contribution in [0.4, 0.5) is 4.39 Å². The van der Waals surface area contributed by atoms with Gasteiger partial charge in [-0.2, -0.15) is 0 Å². The first-order valence-electron chi connectivity index (χ1n) is 9.99. The quantitative estimate of drug-likeness (QED) is 0.765. The van der Waals surface area contributed by atoms with Crippen molar-refractivity contribution in [2.45, 2.75) is 32.4 Å². The molecule has 1 fully saturated rings. The lowest BCUT2D eigenvalue weighted by Crippen LogP contribution is -2.43. The van der Waals surface area contributed by atoms with E-state index in [1.807, 2.05) is 25.1 Å². The normalized spacial score (nSPS) is 18.1. The number of hydrogen-bond donors (Lipinski definition) is 1. The Morgan fingerprint density at radius 3 is 2.66 bits per heavy atom. The van der Waals surface area contributed by atoms with Gasteiger partial charge in [-0.1, -0.05) is 12.1 Å². The van der Waals surface area contributed by atoms with Crippen molar-refractivity contribution in [3.05, 3.63) is 59.4 Å². The molecule has 2 unspecified atom stereocenters. The number of carbonyl (C=O) groups excluding carboxylic acids is 1. The van der Waals surface area contributed by atoms with Crippen molar-refractivity contribution >= 4 is 5.91 Å². The number of nitrogens with zero attached hydrogens (tertiary/aromatic N) is 1. The summed E-state index contributed by atoms with van der Waals surface area (Å²) in [6.45, 7) is 4.32. The van der Waals surface area contributed by atoms with Crippen molar-refractivity contribution in [3.8, 4) is 11.5 Å². The molecule has 1 aliphatic heterocycles. The van der Waals surface area contributed by atoms with Crippen LogP contribution in [0.3, 0.4) is 0 Å². The molecule has 2 aromatic rings. The number of nitrogens with one attached hydrogen (secondary N) is 1. The Morgan fingerprint density at radius 1 is 1.21 bits per heavy atom. The van der Waals surface area contributed by atoms with Crippen LogP contribution >= 0.6 is 0 Å². The molecule has 1 saturated heterocycles. The van der Waals surface area contributed by atoms with E-state index in [-0.39, 0.29) is 23.7 Å². The van der Waals surface area contributed by atoms with Gasteiger partial charge in [0.05, 0.1) is 26.2 Å². The Balaban J connectivity index is 1.62. The van der Waals surface area contributed by atoms with Gasteiger partial charge in [0.2, 0.25) is 5.91 Å². The Bertz CT molecular complexity index is 825. The fraction of sp³-hybridized carbons (Fsp3) is 0.435. The molecule has 1 amide bonds. The standard InChI is InChI=1S/C23H29FN2O3/c1-16(21-13-20(28-2)10-11-22(21)29-3)25-23(27)18-5-4-12-26(15-18)14-17-6-8-19(24)9-7-17/h6-11,13,16,18H,4-5,12,14-15H2,1-3H3,(H,25,27). The average Bonchev–Trinajstić information content (AvgIpc) is 2.75. The summed E-state index contributed by atoms with van der Waals surface area (Å²) in [6.07, 6.45) is 1.84. The first kappa shape index (κ1) is 21.1. The van der Waals surface area contributed by atoms with Crippen molar-refractivity contribution in [3.63, 3.8) is 0 Å². The summed E-state index contributed by atoms with van der Waals surface area (Å²) in [5.41, 5.74) is 1.95. The van der Waals surface area contributed by atoms with E-state index in [4.69, 9.17) is 9.47 Å². The maximum Gasteiger partial charge on any atom is 0.224 e. The van der Waals surface area contributed by atoms with Gasteiger partial charge in [-0.05, 0) is 62.2 Å². The fourth-order valence-corrected chi connectivity index (χ4v) is 3.85. The predicted octanol–water partition coefficient (Wildman–Crippen LogP) is 3.93. The summed E-state index contributed by atoms with van der Waals surface area (Å²) < 4.78 is 23.9. The van der Waals surface area contributed by atoms with Crippen molar-refractivity contribution in [1.29, 1.82) is 0 Å². The second kappa shape index (κ2) is 9.74. The number of hydrogen-bond acceptors (Lipinski definition) is 4. The SMILES string of the molecule is COc1ccc(OC)c(C(C)NC(=O)C2CCCN(Cc3ccc(F)cc3)C2)c1. The lowest BCUT2D eigenvalue weighted by Gasteiger charge is -2.32. The third-order valence-electron chi connectivity index (χ3n) is 5.46. The van der Waals surface area contributed by atoms with Crippen molar-refractivity contribution in [1.82, 2.24) is 10.2 Å². The molecule has 1 aliphatic rings. The van der Waals surface area contributed by atoms with E-state index in [0.717, 1.165) is 48.6 Å². The van der Waals surface area contributed by atoms with Gasteiger partial charge in [0, 0.05) is 18.7 Å². The van der Waals surface area contributed by atoms with E-state index < -0.39 is 0 Å². The maximum absolute atomic E-state index is 13.1. The number of likely N-dealkylation sites (tertiary alicyclic amines) is 1. The molecular formula is C23H29FN2O3. The van der Waals surface area contributed by atoms with Crippen LogP contribution in [0.1, 0.15) is 36.9 Å². The molecule has 2 aromatic carbocycles. The first-order valence-corrected chi connectivity index (χ1v) is 9.99. The summed E-state index contributed by atoms with van der Waals surface area (Å²) in [5.74, 6) is 1.20. The van der Waals surface area contributed by atoms with E-state index in [9.17, 15) is 9.18 Å². The van der Waals surface area contributed by atoms with Gasteiger partial charge in [0.15, 0.2) is 0 Å². The number of piperidine rings is 1. The molecule has 29 heavy (non-hydrogen) atoms. The number of carbonyl (C=O) groups is 1. The summed E-state index contributed by atoms with van der Waals surface area (Å²) in [5, 5.41) is 3.13. The number of amides is 1. The molecule has 0 aromatic heterocycles. The van der Waals surface area contributed by atoms with Crippen molar-refractivity contribution in [2.24, 2.45) is 5.92 Å². The largest absolute Gasteiger partial charge is 0.497 e. The third kappa shape index (κ3) is 5.48. The van der Waals surface area contributed by atoms with E-state index >= 15 is 0 Å². The molecule has 6 heteroatoms. The minimum atomic E-state index is -0.230. The number of halogens is 1. The predicted molar refractivity (Wildman–Crippen MR) is 111 cm³/mol. The first-order chi connectivity index (χ1) is 14.0. The number of methoxy groups -OCH3 is 2. The number of benzene rings is 2. The van der Waals surface area contributed by atoms with E-state index in [0.29, 0.717) is 6.54 Å². The molecule has 1 heterocycles. The van der Waals surface area contributed by atoms with Crippen LogP contribution in [0.25, 0.3) is 0 Å². The zero-order chi connectivity index (χ0) is 20.8. The molecule has 2 atom stereocenters. The zero-order valence-corrected chi connectivity index (χ0v) is 17.3. The van der Waals surface area contributed by atoms with Crippen LogP contribution in [0.15, 0.2) is 42.5 Å². The van der Waals surface area contributed by atoms with Gasteiger partial charge in [0.1, 0.15) is 17.3 Å². The maximum atomic E-state index is 13.1. The third-order valence-corrected chi connectivity index (χ3v) is 5.46. The summed E-state index contributed by atoms with van der Waals surface area (Å²) in [6, 6.07) is 11.9. The highest BCUT2D eigenvalue weighted by molar-refractivity contribution is 5.79. The fourth-order valence-electron chi connectivity index (χ4n) is 3.85. The van der Waals surface area contributed by atoms with E-state index in [1.54, 1.807) is 26.4 Å². The molecule has 0 bridgehead atoms. The summed E-state index contributed by atoms with van der Waals surface area (Å²) in [4.78, 5) is 15.2. The smallest absolute Gasteiger partial charge is 0.224 e. The van der Waals surface area contributed by atoms with Gasteiger partial charge in [-0.3, -0.25) is 9.69 Å². The van der Waals surface area contributed by atoms with Crippen LogP contribution in [-0.2, 0) is 11.3 Å². The van der Waals surface area contributed by atoms with Gasteiger partial charge in [-0.25, -0.2) is 4.39 Å². The van der Waals surface area contributed by atoms with E-state index in [1.165, 1.54) is 12.1 Å². The Labute approximate surface area is 171 Å². The number of ether oxygens (including phenoxy) is 2. The molecule has 5 nitrogen and oxygen atoms in total. The highest BCUT2D eigenvalue weighted by Crippen LogP contribution is 2.30. The Morgan fingerprint density at radius 2 is 1.97 bits per heavy atom. The molecular weight excluding hydrogens is 371 g/mol. The minimum Gasteiger partial charge on any atom is -0.497 e. The Hall–Kier alpha value is -2.60. The number of rotatable bonds is 7. The monoisotopic (exact) mass is 400 g/mol. The summed E-state index contributed by atoms with van der Waals surface area (Å²) >= 11 is 0. The summed E-state index contributed by atoms with van der Waals surface area (Å²) in [7, 11) is 3.24. The highest BCUT2D eigenvalue weighted by Gasteiger charge is 2.27. The second-order valence-electron chi connectivity index (χ2n) is 7.54. The van der Waals surface area contributed by atoms with Crippen LogP contribution in [-0.4, -0.2) is 38.1 Å². The van der Waals surface area contributed by atoms with E-state index in [2.05, 4.69) is 10.2 Å². The van der Waals surface area contributed by atoms with Gasteiger partial charge >= 0.3 is 0 Å². The second-order valence-corrected chi connectivity index (χ2v) is 7.54. The van der Waals surface area contributed by atoms with Crippen molar-refractivity contribution < 1.29 is 18.7 Å². The average molecular weight is 400 g/mol. The molecule has 0 radical (unpaired) electrons. The lowest BCUT2D eigenvalue weighted by atomic mass is 9.95.